The first-order valence-corrected chi connectivity index (χ1v) is 11.8. The SMILES string of the molecule is COc1ccc2c(c1)CCC1C(C(=O)NCCN3CCN(c4ccccc4F)CC3)NNC21. The van der Waals surface area contributed by atoms with Crippen molar-refractivity contribution in [1.29, 1.82) is 0 Å². The quantitative estimate of drug-likeness (QED) is 0.621. The van der Waals surface area contributed by atoms with E-state index in [9.17, 15) is 9.18 Å². The minimum absolute atomic E-state index is 0.0527. The monoisotopic (exact) mass is 453 g/mol. The molecular formula is C25H32FN5O2. The van der Waals surface area contributed by atoms with E-state index < -0.39 is 0 Å². The lowest BCUT2D eigenvalue weighted by molar-refractivity contribution is -0.123. The Labute approximate surface area is 194 Å². The summed E-state index contributed by atoms with van der Waals surface area (Å²) < 4.78 is 19.4. The average Bonchev–Trinajstić information content (AvgIpc) is 3.29. The molecule has 2 heterocycles. The maximum Gasteiger partial charge on any atom is 0.238 e. The van der Waals surface area contributed by atoms with Crippen LogP contribution in [-0.4, -0.2) is 63.2 Å². The first-order valence-electron chi connectivity index (χ1n) is 11.8. The summed E-state index contributed by atoms with van der Waals surface area (Å²) in [7, 11) is 1.69. The minimum Gasteiger partial charge on any atom is -0.497 e. The zero-order valence-electron chi connectivity index (χ0n) is 19.0. The number of nitrogens with zero attached hydrogens (tertiary/aromatic N) is 2. The molecule has 176 valence electrons. The fraction of sp³-hybridized carbons (Fsp3) is 0.480. The molecule has 7 nitrogen and oxygen atoms in total. The Balaban J connectivity index is 1.09. The molecule has 2 aliphatic heterocycles. The van der Waals surface area contributed by atoms with Gasteiger partial charge in [-0.25, -0.2) is 15.2 Å². The van der Waals surface area contributed by atoms with Gasteiger partial charge in [0.2, 0.25) is 5.91 Å². The number of carbonyl (C=O) groups excluding carboxylic acids is 1. The van der Waals surface area contributed by atoms with Gasteiger partial charge in [0.25, 0.3) is 0 Å². The number of hydrazine groups is 1. The molecule has 33 heavy (non-hydrogen) atoms. The average molecular weight is 454 g/mol. The van der Waals surface area contributed by atoms with Crippen molar-refractivity contribution in [1.82, 2.24) is 21.1 Å². The molecule has 0 saturated carbocycles. The van der Waals surface area contributed by atoms with E-state index >= 15 is 0 Å². The molecule has 0 radical (unpaired) electrons. The van der Waals surface area contributed by atoms with Crippen LogP contribution in [0.15, 0.2) is 42.5 Å². The number of ether oxygens (including phenoxy) is 1. The topological polar surface area (TPSA) is 68.9 Å². The van der Waals surface area contributed by atoms with E-state index in [1.54, 1.807) is 13.2 Å². The first-order chi connectivity index (χ1) is 16.1. The van der Waals surface area contributed by atoms with Crippen LogP contribution < -0.4 is 25.8 Å². The van der Waals surface area contributed by atoms with E-state index in [1.165, 1.54) is 17.2 Å². The standard InChI is InChI=1S/C25H32FN5O2/c1-33-18-7-9-19-17(16-18)6-8-20-23(19)28-29-24(20)25(32)27-10-11-30-12-14-31(15-13-30)22-5-3-2-4-21(22)26/h2-5,7,9,16,20,23-24,28-29H,6,8,10-15H2,1H3,(H,27,32). The number of fused-ring (bicyclic) bond motifs is 3. The lowest BCUT2D eigenvalue weighted by atomic mass is 9.77. The highest BCUT2D eigenvalue weighted by atomic mass is 19.1. The normalized spacial score (nSPS) is 24.8. The zero-order valence-corrected chi connectivity index (χ0v) is 19.0. The van der Waals surface area contributed by atoms with Gasteiger partial charge in [-0.2, -0.15) is 0 Å². The fourth-order valence-electron chi connectivity index (χ4n) is 5.41. The Bertz CT molecular complexity index is 995. The first kappa shape index (κ1) is 22.1. The number of halogens is 1. The van der Waals surface area contributed by atoms with Gasteiger partial charge >= 0.3 is 0 Å². The maximum atomic E-state index is 14.0. The van der Waals surface area contributed by atoms with Crippen LogP contribution in [0.3, 0.4) is 0 Å². The summed E-state index contributed by atoms with van der Waals surface area (Å²) in [6.07, 6.45) is 1.91. The van der Waals surface area contributed by atoms with Crippen molar-refractivity contribution in [2.24, 2.45) is 5.92 Å². The number of piperazine rings is 1. The highest BCUT2D eigenvalue weighted by molar-refractivity contribution is 5.82. The third kappa shape index (κ3) is 4.55. The summed E-state index contributed by atoms with van der Waals surface area (Å²) in [6.45, 7) is 4.71. The number of anilines is 1. The predicted octanol–water partition coefficient (Wildman–Crippen LogP) is 1.85. The molecule has 5 rings (SSSR count). The lowest BCUT2D eigenvalue weighted by Gasteiger charge is -2.36. The van der Waals surface area contributed by atoms with E-state index in [-0.39, 0.29) is 29.7 Å². The summed E-state index contributed by atoms with van der Waals surface area (Å²) in [5.74, 6) is 0.994. The Morgan fingerprint density at radius 3 is 2.76 bits per heavy atom. The van der Waals surface area contributed by atoms with Crippen LogP contribution in [0.25, 0.3) is 0 Å². The molecule has 2 fully saturated rings. The second-order valence-electron chi connectivity index (χ2n) is 9.08. The molecule has 3 N–H and O–H groups in total. The van der Waals surface area contributed by atoms with Crippen LogP contribution in [-0.2, 0) is 11.2 Å². The van der Waals surface area contributed by atoms with Gasteiger partial charge in [-0.1, -0.05) is 18.2 Å². The molecule has 0 aromatic heterocycles. The van der Waals surface area contributed by atoms with Gasteiger partial charge in [0.05, 0.1) is 18.8 Å². The summed E-state index contributed by atoms with van der Waals surface area (Å²) in [5, 5.41) is 3.12. The molecule has 8 heteroatoms. The molecule has 1 aliphatic carbocycles. The molecular weight excluding hydrogens is 421 g/mol. The van der Waals surface area contributed by atoms with Gasteiger partial charge in [0, 0.05) is 45.2 Å². The molecule has 3 atom stereocenters. The smallest absolute Gasteiger partial charge is 0.238 e. The number of hydrogen-bond acceptors (Lipinski definition) is 6. The van der Waals surface area contributed by atoms with Gasteiger partial charge in [0.15, 0.2) is 0 Å². The number of para-hydroxylation sites is 1. The number of benzene rings is 2. The van der Waals surface area contributed by atoms with Gasteiger partial charge in [-0.15, -0.1) is 0 Å². The van der Waals surface area contributed by atoms with Crippen molar-refractivity contribution < 1.29 is 13.9 Å². The van der Waals surface area contributed by atoms with Gasteiger partial charge in [0.1, 0.15) is 17.6 Å². The summed E-state index contributed by atoms with van der Waals surface area (Å²) in [6, 6.07) is 13.0. The molecule has 3 unspecified atom stereocenters. The largest absolute Gasteiger partial charge is 0.497 e. The number of amides is 1. The third-order valence-electron chi connectivity index (χ3n) is 7.26. The molecule has 0 spiro atoms. The highest BCUT2D eigenvalue weighted by Crippen LogP contribution is 2.40. The van der Waals surface area contributed by atoms with E-state index in [0.717, 1.165) is 51.3 Å². The van der Waals surface area contributed by atoms with Crippen LogP contribution in [0.5, 0.6) is 5.75 Å². The Morgan fingerprint density at radius 2 is 1.97 bits per heavy atom. The number of aryl methyl sites for hydroxylation is 1. The van der Waals surface area contributed by atoms with Crippen LogP contribution in [0.2, 0.25) is 0 Å². The summed E-state index contributed by atoms with van der Waals surface area (Å²) in [4.78, 5) is 17.3. The minimum atomic E-state index is -0.233. The number of rotatable bonds is 6. The van der Waals surface area contributed by atoms with Crippen LogP contribution in [0, 0.1) is 11.7 Å². The van der Waals surface area contributed by atoms with Crippen LogP contribution in [0.1, 0.15) is 23.6 Å². The van der Waals surface area contributed by atoms with E-state index in [1.807, 2.05) is 18.2 Å². The zero-order chi connectivity index (χ0) is 22.8. The van der Waals surface area contributed by atoms with Crippen molar-refractivity contribution in [3.63, 3.8) is 0 Å². The number of methoxy groups -OCH3 is 1. The molecule has 3 aliphatic rings. The van der Waals surface area contributed by atoms with Crippen molar-refractivity contribution in [3.05, 3.63) is 59.4 Å². The Morgan fingerprint density at radius 1 is 1.15 bits per heavy atom. The molecule has 1 amide bonds. The number of nitrogens with one attached hydrogen (secondary N) is 3. The van der Waals surface area contributed by atoms with Crippen LogP contribution in [0.4, 0.5) is 10.1 Å². The van der Waals surface area contributed by atoms with E-state index in [0.29, 0.717) is 12.2 Å². The highest BCUT2D eigenvalue weighted by Gasteiger charge is 2.43. The van der Waals surface area contributed by atoms with E-state index in [2.05, 4.69) is 38.1 Å². The van der Waals surface area contributed by atoms with Crippen molar-refractivity contribution in [3.8, 4) is 5.75 Å². The number of hydrogen-bond donors (Lipinski definition) is 3. The van der Waals surface area contributed by atoms with Crippen molar-refractivity contribution in [2.45, 2.75) is 24.9 Å². The Hall–Kier alpha value is -2.68. The van der Waals surface area contributed by atoms with Crippen molar-refractivity contribution in [2.75, 3.05) is 51.3 Å². The molecule has 2 aromatic rings. The van der Waals surface area contributed by atoms with Gasteiger partial charge in [-0.05, 0) is 48.2 Å². The Kier molecular flexibility index (Phi) is 6.48. The van der Waals surface area contributed by atoms with Crippen LogP contribution >= 0.6 is 0 Å². The lowest BCUT2D eigenvalue weighted by Crippen LogP contribution is -2.50. The van der Waals surface area contributed by atoms with E-state index in [4.69, 9.17) is 4.74 Å². The molecule has 0 bridgehead atoms. The van der Waals surface area contributed by atoms with Gasteiger partial charge < -0.3 is 15.0 Å². The second kappa shape index (κ2) is 9.67. The maximum absolute atomic E-state index is 14.0. The fourth-order valence-corrected chi connectivity index (χ4v) is 5.41. The summed E-state index contributed by atoms with van der Waals surface area (Å²) >= 11 is 0. The van der Waals surface area contributed by atoms with Crippen molar-refractivity contribution >= 4 is 11.6 Å². The summed E-state index contributed by atoms with van der Waals surface area (Å²) in [5.41, 5.74) is 9.80. The molecule has 2 saturated heterocycles. The number of carbonyl (C=O) groups is 1. The third-order valence-corrected chi connectivity index (χ3v) is 7.26. The van der Waals surface area contributed by atoms with Gasteiger partial charge in [-0.3, -0.25) is 9.69 Å². The second-order valence-corrected chi connectivity index (χ2v) is 9.08. The molecule has 2 aromatic carbocycles. The predicted molar refractivity (Wildman–Crippen MR) is 126 cm³/mol.